The monoisotopic (exact) mass is 267 g/mol. The van der Waals surface area contributed by atoms with Gasteiger partial charge in [0.25, 0.3) is 0 Å². The first kappa shape index (κ1) is 12.7. The number of esters is 1. The van der Waals surface area contributed by atoms with Gasteiger partial charge in [0.1, 0.15) is 6.54 Å². The Morgan fingerprint density at radius 1 is 1.05 bits per heavy atom. The Morgan fingerprint density at radius 2 is 1.60 bits per heavy atom. The van der Waals surface area contributed by atoms with Gasteiger partial charge in [-0.15, -0.1) is 0 Å². The minimum Gasteiger partial charge on any atom is -0.465 e. The molecule has 2 aromatic rings. The molecular formula is C17H17NO2. The first-order valence-corrected chi connectivity index (χ1v) is 6.88. The highest BCUT2D eigenvalue weighted by molar-refractivity contribution is 5.83. The van der Waals surface area contributed by atoms with Crippen molar-refractivity contribution in [2.75, 3.05) is 18.1 Å². The molecule has 0 bridgehead atoms. The zero-order valence-corrected chi connectivity index (χ0v) is 11.5. The van der Waals surface area contributed by atoms with Crippen LogP contribution < -0.4 is 4.90 Å². The van der Waals surface area contributed by atoms with Crippen molar-refractivity contribution in [3.63, 3.8) is 0 Å². The lowest BCUT2D eigenvalue weighted by atomic mass is 9.95. The average molecular weight is 267 g/mol. The fourth-order valence-corrected chi connectivity index (χ4v) is 2.69. The second-order valence-corrected chi connectivity index (χ2v) is 4.83. The maximum Gasteiger partial charge on any atom is 0.325 e. The van der Waals surface area contributed by atoms with E-state index in [4.69, 9.17) is 4.74 Å². The molecule has 0 spiro atoms. The molecule has 0 N–H and O–H groups in total. The lowest BCUT2D eigenvalue weighted by Gasteiger charge is -2.32. The van der Waals surface area contributed by atoms with Crippen LogP contribution in [0.3, 0.4) is 0 Å². The third kappa shape index (κ3) is 2.27. The van der Waals surface area contributed by atoms with Crippen molar-refractivity contribution >= 4 is 17.3 Å². The van der Waals surface area contributed by atoms with Crippen LogP contribution in [0.25, 0.3) is 0 Å². The van der Waals surface area contributed by atoms with Crippen LogP contribution in [0.4, 0.5) is 11.4 Å². The van der Waals surface area contributed by atoms with Gasteiger partial charge in [0.15, 0.2) is 0 Å². The summed E-state index contributed by atoms with van der Waals surface area (Å²) < 4.78 is 5.09. The van der Waals surface area contributed by atoms with Crippen molar-refractivity contribution in [1.82, 2.24) is 0 Å². The van der Waals surface area contributed by atoms with Crippen LogP contribution in [0.2, 0.25) is 0 Å². The Bertz CT molecular complexity index is 591. The normalized spacial score (nSPS) is 12.6. The molecule has 0 radical (unpaired) electrons. The molecule has 0 saturated carbocycles. The number of nitrogens with zero attached hydrogens (tertiary/aromatic N) is 1. The molecule has 20 heavy (non-hydrogen) atoms. The number of fused-ring (bicyclic) bond motifs is 2. The number of carbonyl (C=O) groups is 1. The second-order valence-electron chi connectivity index (χ2n) is 4.83. The Hall–Kier alpha value is -2.29. The quantitative estimate of drug-likeness (QED) is 0.799. The second kappa shape index (κ2) is 5.37. The van der Waals surface area contributed by atoms with E-state index in [9.17, 15) is 4.79 Å². The van der Waals surface area contributed by atoms with E-state index >= 15 is 0 Å². The molecule has 1 aliphatic rings. The minimum atomic E-state index is -0.195. The summed E-state index contributed by atoms with van der Waals surface area (Å²) in [5, 5.41) is 0. The number of rotatable bonds is 3. The van der Waals surface area contributed by atoms with E-state index in [-0.39, 0.29) is 12.5 Å². The number of para-hydroxylation sites is 2. The van der Waals surface area contributed by atoms with E-state index in [1.807, 2.05) is 36.1 Å². The van der Waals surface area contributed by atoms with Gasteiger partial charge < -0.3 is 9.64 Å². The highest BCUT2D eigenvalue weighted by Gasteiger charge is 2.23. The van der Waals surface area contributed by atoms with E-state index in [1.54, 1.807) is 0 Å². The summed E-state index contributed by atoms with van der Waals surface area (Å²) in [5.41, 5.74) is 4.68. The lowest BCUT2D eigenvalue weighted by Crippen LogP contribution is -2.30. The van der Waals surface area contributed by atoms with Gasteiger partial charge in [0, 0.05) is 17.8 Å². The maximum absolute atomic E-state index is 11.9. The molecule has 0 saturated heterocycles. The molecule has 2 aromatic carbocycles. The van der Waals surface area contributed by atoms with Gasteiger partial charge in [0.2, 0.25) is 0 Å². The Labute approximate surface area is 118 Å². The zero-order chi connectivity index (χ0) is 13.9. The molecule has 102 valence electrons. The van der Waals surface area contributed by atoms with Crippen LogP contribution >= 0.6 is 0 Å². The molecule has 0 fully saturated rings. The van der Waals surface area contributed by atoms with E-state index < -0.39 is 0 Å². The first-order valence-electron chi connectivity index (χ1n) is 6.88. The van der Waals surface area contributed by atoms with Crippen molar-refractivity contribution in [3.8, 4) is 0 Å². The Balaban J connectivity index is 2.01. The Morgan fingerprint density at radius 3 is 2.15 bits per heavy atom. The van der Waals surface area contributed by atoms with E-state index in [0.29, 0.717) is 6.61 Å². The standard InChI is InChI=1S/C17H17NO2/c1-2-20-17(19)12-18-15-9-5-3-7-13(15)11-14-8-4-6-10-16(14)18/h3-10H,2,11-12H2,1H3. The fraction of sp³-hybridized carbons (Fsp3) is 0.235. The maximum atomic E-state index is 11.9. The molecule has 0 aliphatic carbocycles. The van der Waals surface area contributed by atoms with Crippen molar-refractivity contribution < 1.29 is 9.53 Å². The third-order valence-electron chi connectivity index (χ3n) is 3.54. The minimum absolute atomic E-state index is 0.195. The molecule has 1 heterocycles. The van der Waals surface area contributed by atoms with E-state index in [0.717, 1.165) is 17.8 Å². The van der Waals surface area contributed by atoms with Gasteiger partial charge in [-0.25, -0.2) is 0 Å². The number of hydrogen-bond acceptors (Lipinski definition) is 3. The van der Waals surface area contributed by atoms with Gasteiger partial charge >= 0.3 is 5.97 Å². The zero-order valence-electron chi connectivity index (χ0n) is 11.5. The van der Waals surface area contributed by atoms with Crippen LogP contribution in [-0.2, 0) is 16.0 Å². The van der Waals surface area contributed by atoms with Crippen molar-refractivity contribution in [2.24, 2.45) is 0 Å². The SMILES string of the molecule is CCOC(=O)CN1c2ccccc2Cc2ccccc21. The Kier molecular flexibility index (Phi) is 3.42. The number of hydrogen-bond donors (Lipinski definition) is 0. The fourth-order valence-electron chi connectivity index (χ4n) is 2.69. The van der Waals surface area contributed by atoms with Gasteiger partial charge in [0.05, 0.1) is 6.61 Å². The number of carbonyl (C=O) groups excluding carboxylic acids is 1. The summed E-state index contributed by atoms with van der Waals surface area (Å²) in [6, 6.07) is 16.4. The summed E-state index contributed by atoms with van der Waals surface area (Å²) in [6.45, 7) is 2.49. The molecule has 0 amide bonds. The highest BCUT2D eigenvalue weighted by atomic mass is 16.5. The predicted octanol–water partition coefficient (Wildman–Crippen LogP) is 3.29. The van der Waals surface area contributed by atoms with Crippen LogP contribution in [0.15, 0.2) is 48.5 Å². The molecule has 3 heteroatoms. The lowest BCUT2D eigenvalue weighted by molar-refractivity contribution is -0.141. The molecule has 0 unspecified atom stereocenters. The largest absolute Gasteiger partial charge is 0.465 e. The van der Waals surface area contributed by atoms with Crippen LogP contribution in [-0.4, -0.2) is 19.1 Å². The van der Waals surface area contributed by atoms with Crippen molar-refractivity contribution in [2.45, 2.75) is 13.3 Å². The molecule has 0 aromatic heterocycles. The first-order chi connectivity index (χ1) is 9.79. The summed E-state index contributed by atoms with van der Waals surface area (Å²) in [4.78, 5) is 13.9. The summed E-state index contributed by atoms with van der Waals surface area (Å²) in [6.07, 6.45) is 0.908. The van der Waals surface area contributed by atoms with Crippen molar-refractivity contribution in [1.29, 1.82) is 0 Å². The molecular weight excluding hydrogens is 250 g/mol. The van der Waals surface area contributed by atoms with Gasteiger partial charge in [-0.1, -0.05) is 36.4 Å². The van der Waals surface area contributed by atoms with Gasteiger partial charge in [-0.2, -0.15) is 0 Å². The number of benzene rings is 2. The molecule has 0 atom stereocenters. The van der Waals surface area contributed by atoms with Crippen molar-refractivity contribution in [3.05, 3.63) is 59.7 Å². The van der Waals surface area contributed by atoms with Gasteiger partial charge in [-0.3, -0.25) is 4.79 Å². The van der Waals surface area contributed by atoms with Crippen LogP contribution in [0, 0.1) is 0 Å². The van der Waals surface area contributed by atoms with Crippen LogP contribution in [0.1, 0.15) is 18.1 Å². The number of anilines is 2. The van der Waals surface area contributed by atoms with E-state index in [1.165, 1.54) is 11.1 Å². The molecule has 3 nitrogen and oxygen atoms in total. The smallest absolute Gasteiger partial charge is 0.325 e. The summed E-state index contributed by atoms with van der Waals surface area (Å²) in [5.74, 6) is -0.195. The predicted molar refractivity (Wildman–Crippen MR) is 79.3 cm³/mol. The summed E-state index contributed by atoms with van der Waals surface area (Å²) in [7, 11) is 0. The average Bonchev–Trinajstić information content (AvgIpc) is 2.47. The van der Waals surface area contributed by atoms with Crippen LogP contribution in [0.5, 0.6) is 0 Å². The van der Waals surface area contributed by atoms with Gasteiger partial charge in [-0.05, 0) is 30.2 Å². The third-order valence-corrected chi connectivity index (χ3v) is 3.54. The topological polar surface area (TPSA) is 29.5 Å². The highest BCUT2D eigenvalue weighted by Crippen LogP contribution is 2.37. The molecule has 3 rings (SSSR count). The molecule has 1 aliphatic heterocycles. The van der Waals surface area contributed by atoms with E-state index in [2.05, 4.69) is 24.3 Å². The number of ether oxygens (including phenoxy) is 1. The summed E-state index contributed by atoms with van der Waals surface area (Å²) >= 11 is 0.